The van der Waals surface area contributed by atoms with Gasteiger partial charge in [0.05, 0.1) is 0 Å². The molecule has 0 N–H and O–H groups in total. The number of benzene rings is 3. The van der Waals surface area contributed by atoms with Gasteiger partial charge in [0.15, 0.2) is 0 Å². The number of imidazole rings is 1. The minimum absolute atomic E-state index is 0. The van der Waals surface area contributed by atoms with Crippen LogP contribution in [0.25, 0.3) is 39.1 Å². The normalized spacial score (nSPS) is 11.9. The molecule has 3 aromatic carbocycles. The molecule has 1 aliphatic heterocycles. The van der Waals surface area contributed by atoms with Gasteiger partial charge in [0.1, 0.15) is 11.5 Å². The van der Waals surface area contributed by atoms with Crippen molar-refractivity contribution in [3.8, 4) is 28.7 Å². The molecule has 0 saturated carbocycles. The van der Waals surface area contributed by atoms with Crippen molar-refractivity contribution in [3.63, 3.8) is 0 Å². The fraction of sp³-hybridized carbons (Fsp3) is 0. The molecule has 0 saturated heterocycles. The standard InChI is InChI=1S/C32H19N6O.Pt/c1-2-11-28-27(9-1)31-35-17-18-36(31)21-37(28)22-7-5-8-23(19-22)39-24-13-14-25-26-10-6-16-34-32(26)38(29(25)20-24)30-12-3-4-15-33-30;/h1-18,21H;/q-3;. The van der Waals surface area contributed by atoms with Crippen molar-refractivity contribution in [1.29, 1.82) is 0 Å². The minimum atomic E-state index is 0. The second-order valence-corrected chi connectivity index (χ2v) is 9.15. The van der Waals surface area contributed by atoms with Gasteiger partial charge >= 0.3 is 0 Å². The summed E-state index contributed by atoms with van der Waals surface area (Å²) in [5, 5.41) is 2.07. The van der Waals surface area contributed by atoms with Gasteiger partial charge in [-0.3, -0.25) is 0 Å². The minimum Gasteiger partial charge on any atom is -0.509 e. The van der Waals surface area contributed by atoms with Crippen LogP contribution in [-0.2, 0) is 21.1 Å². The Morgan fingerprint density at radius 3 is 2.50 bits per heavy atom. The van der Waals surface area contributed by atoms with Crippen LogP contribution < -0.4 is 9.64 Å². The molecule has 1 aliphatic rings. The Morgan fingerprint density at radius 1 is 0.700 bits per heavy atom. The molecule has 0 fully saturated rings. The van der Waals surface area contributed by atoms with E-state index in [2.05, 4.69) is 50.2 Å². The van der Waals surface area contributed by atoms with Crippen LogP contribution in [-0.4, -0.2) is 24.1 Å². The maximum Gasteiger partial charge on any atom is 0.136 e. The zero-order valence-electron chi connectivity index (χ0n) is 20.9. The smallest absolute Gasteiger partial charge is 0.136 e. The van der Waals surface area contributed by atoms with Crippen molar-refractivity contribution in [2.45, 2.75) is 0 Å². The van der Waals surface area contributed by atoms with E-state index in [0.717, 1.165) is 50.5 Å². The zero-order chi connectivity index (χ0) is 25.8. The maximum atomic E-state index is 6.32. The number of hydrogen-bond donors (Lipinski definition) is 0. The van der Waals surface area contributed by atoms with E-state index >= 15 is 0 Å². The first-order chi connectivity index (χ1) is 19.3. The number of pyridine rings is 2. The first kappa shape index (κ1) is 24.2. The van der Waals surface area contributed by atoms with E-state index in [4.69, 9.17) is 4.74 Å². The summed E-state index contributed by atoms with van der Waals surface area (Å²) in [6, 6.07) is 34.8. The molecule has 0 atom stereocenters. The fourth-order valence-corrected chi connectivity index (χ4v) is 5.14. The van der Waals surface area contributed by atoms with Gasteiger partial charge < -0.3 is 23.8 Å². The van der Waals surface area contributed by atoms with Crippen LogP contribution in [0.2, 0.25) is 0 Å². The van der Waals surface area contributed by atoms with Gasteiger partial charge in [-0.15, -0.1) is 35.7 Å². The molecule has 0 spiro atoms. The van der Waals surface area contributed by atoms with E-state index < -0.39 is 0 Å². The van der Waals surface area contributed by atoms with Crippen molar-refractivity contribution in [1.82, 2.24) is 24.1 Å². The molecular weight excluding hydrogens is 679 g/mol. The number of fused-ring (bicyclic) bond motifs is 6. The van der Waals surface area contributed by atoms with E-state index in [1.807, 2.05) is 88.7 Å². The molecule has 0 unspecified atom stereocenters. The van der Waals surface area contributed by atoms with Crippen molar-refractivity contribution < 1.29 is 25.8 Å². The third-order valence-corrected chi connectivity index (χ3v) is 6.83. The van der Waals surface area contributed by atoms with Crippen LogP contribution in [0.5, 0.6) is 11.5 Å². The number of nitrogens with zero attached hydrogens (tertiary/aromatic N) is 6. The van der Waals surface area contributed by atoms with Crippen molar-refractivity contribution >= 4 is 33.3 Å². The number of para-hydroxylation sites is 1. The summed E-state index contributed by atoms with van der Waals surface area (Å²) in [7, 11) is 0. The summed E-state index contributed by atoms with van der Waals surface area (Å²) < 4.78 is 10.3. The third-order valence-electron chi connectivity index (χ3n) is 6.83. The van der Waals surface area contributed by atoms with Gasteiger partial charge in [0.25, 0.3) is 0 Å². The van der Waals surface area contributed by atoms with Crippen LogP contribution in [0.1, 0.15) is 0 Å². The zero-order valence-corrected chi connectivity index (χ0v) is 23.1. The Kier molecular flexibility index (Phi) is 5.87. The van der Waals surface area contributed by atoms with Crippen molar-refractivity contribution in [3.05, 3.63) is 129 Å². The maximum absolute atomic E-state index is 6.32. The van der Waals surface area contributed by atoms with Crippen LogP contribution >= 0.6 is 0 Å². The number of anilines is 2. The van der Waals surface area contributed by atoms with Crippen LogP contribution in [0, 0.1) is 18.8 Å². The molecule has 0 radical (unpaired) electrons. The number of hydrogen-bond acceptors (Lipinski definition) is 5. The number of ether oxygens (including phenoxy) is 1. The number of aromatic nitrogens is 5. The van der Waals surface area contributed by atoms with E-state index in [-0.39, 0.29) is 21.1 Å². The molecule has 0 aliphatic carbocycles. The van der Waals surface area contributed by atoms with E-state index in [0.29, 0.717) is 11.5 Å². The van der Waals surface area contributed by atoms with Crippen molar-refractivity contribution in [2.75, 3.05) is 4.90 Å². The van der Waals surface area contributed by atoms with E-state index in [9.17, 15) is 0 Å². The molecule has 40 heavy (non-hydrogen) atoms. The monoisotopic (exact) mass is 698 g/mol. The predicted octanol–water partition coefficient (Wildman–Crippen LogP) is 6.95. The Bertz CT molecular complexity index is 2000. The third kappa shape index (κ3) is 3.86. The molecule has 4 aromatic heterocycles. The van der Waals surface area contributed by atoms with Crippen LogP contribution in [0.3, 0.4) is 0 Å². The van der Waals surface area contributed by atoms with Crippen LogP contribution in [0.15, 0.2) is 110 Å². The predicted molar refractivity (Wildman–Crippen MR) is 150 cm³/mol. The Labute approximate surface area is 244 Å². The van der Waals surface area contributed by atoms with Crippen LogP contribution in [0.4, 0.5) is 11.4 Å². The summed E-state index contributed by atoms with van der Waals surface area (Å²) in [5.74, 6) is 2.85. The molecular formula is C32H19N6OPt-3. The SMILES string of the molecule is [Pt].[c-]1c(Oc2[c-]c3c(cc2)c2cccnc2n3-c2ccccn2)cccc1N1[CH-]n2ccnc2-c2ccccc21. The molecule has 8 rings (SSSR count). The molecule has 8 heteroatoms. The fourth-order valence-electron chi connectivity index (χ4n) is 5.14. The summed E-state index contributed by atoms with van der Waals surface area (Å²) >= 11 is 0. The van der Waals surface area contributed by atoms with Gasteiger partial charge in [0.2, 0.25) is 0 Å². The quantitative estimate of drug-likeness (QED) is 0.187. The number of rotatable bonds is 4. The van der Waals surface area contributed by atoms with Gasteiger partial charge in [-0.25, -0.2) is 9.97 Å². The van der Waals surface area contributed by atoms with Gasteiger partial charge in [-0.2, -0.15) is 12.1 Å². The van der Waals surface area contributed by atoms with E-state index in [1.165, 1.54) is 0 Å². The summed E-state index contributed by atoms with van der Waals surface area (Å²) in [6.45, 7) is 2.01. The molecule has 196 valence electrons. The van der Waals surface area contributed by atoms with Gasteiger partial charge in [0, 0.05) is 56.5 Å². The Morgan fingerprint density at radius 2 is 1.57 bits per heavy atom. The van der Waals surface area contributed by atoms with Crippen molar-refractivity contribution in [2.24, 2.45) is 0 Å². The molecule has 0 bridgehead atoms. The van der Waals surface area contributed by atoms with E-state index in [1.54, 1.807) is 18.6 Å². The summed E-state index contributed by atoms with van der Waals surface area (Å²) in [4.78, 5) is 15.8. The second kappa shape index (κ2) is 9.70. The Hall–Kier alpha value is -4.87. The second-order valence-electron chi connectivity index (χ2n) is 9.15. The molecule has 7 nitrogen and oxygen atoms in total. The Balaban J connectivity index is 0.00000264. The van der Waals surface area contributed by atoms with Gasteiger partial charge in [-0.1, -0.05) is 47.7 Å². The summed E-state index contributed by atoms with van der Waals surface area (Å²) in [6.07, 6.45) is 7.32. The van der Waals surface area contributed by atoms with Gasteiger partial charge in [-0.05, 0) is 48.1 Å². The summed E-state index contributed by atoms with van der Waals surface area (Å²) in [5.41, 5.74) is 4.62. The first-order valence-corrected chi connectivity index (χ1v) is 12.5. The molecule has 5 heterocycles. The first-order valence-electron chi connectivity index (χ1n) is 12.5. The largest absolute Gasteiger partial charge is 0.509 e. The average Bonchev–Trinajstić information content (AvgIpc) is 3.60. The molecule has 7 aromatic rings. The topological polar surface area (TPSA) is 61.0 Å². The average molecular weight is 699 g/mol. The molecule has 0 amide bonds.